The highest BCUT2D eigenvalue weighted by Crippen LogP contribution is 2.22. The van der Waals surface area contributed by atoms with Crippen LogP contribution in [0.15, 0.2) is 27.9 Å². The van der Waals surface area contributed by atoms with Crippen molar-refractivity contribution in [1.29, 1.82) is 0 Å². The Hall–Kier alpha value is -1.63. The highest BCUT2D eigenvalue weighted by Gasteiger charge is 2.11. The Bertz CT molecular complexity index is 563. The van der Waals surface area contributed by atoms with Crippen LogP contribution in [0.25, 0.3) is 0 Å². The third-order valence-corrected chi connectivity index (χ3v) is 3.24. The van der Waals surface area contributed by atoms with Crippen molar-refractivity contribution in [2.24, 2.45) is 7.05 Å². The van der Waals surface area contributed by atoms with Crippen molar-refractivity contribution in [3.05, 3.63) is 39.0 Å². The first-order chi connectivity index (χ1) is 8.09. The number of nitrogens with one attached hydrogen (secondary N) is 2. The second-order valence-electron chi connectivity index (χ2n) is 3.70. The number of anilines is 1. The van der Waals surface area contributed by atoms with E-state index in [-0.39, 0.29) is 11.6 Å². The van der Waals surface area contributed by atoms with Crippen molar-refractivity contribution < 1.29 is 0 Å². The summed E-state index contributed by atoms with van der Waals surface area (Å²) in [6.07, 6.45) is 5.15. The van der Waals surface area contributed by atoms with Crippen LogP contribution in [-0.2, 0) is 7.05 Å². The number of aromatic amines is 1. The average Bonchev–Trinajstić information content (AvgIpc) is 2.83. The second-order valence-corrected chi connectivity index (χ2v) is 4.49. The van der Waals surface area contributed by atoms with Gasteiger partial charge in [0, 0.05) is 18.8 Å². The molecule has 2 heterocycles. The summed E-state index contributed by atoms with van der Waals surface area (Å²) in [5.41, 5.74) is 1.51. The topological polar surface area (TPSA) is 75.6 Å². The first-order valence-electron chi connectivity index (χ1n) is 5.06. The van der Waals surface area contributed by atoms with Crippen LogP contribution in [0, 0.1) is 0 Å². The van der Waals surface area contributed by atoms with Gasteiger partial charge < -0.3 is 5.32 Å². The lowest BCUT2D eigenvalue weighted by molar-refractivity contribution is 0.701. The monoisotopic (exact) mass is 297 g/mol. The van der Waals surface area contributed by atoms with Gasteiger partial charge in [0.1, 0.15) is 4.47 Å². The fourth-order valence-corrected chi connectivity index (χ4v) is 1.90. The molecule has 17 heavy (non-hydrogen) atoms. The van der Waals surface area contributed by atoms with Crippen LogP contribution in [-0.4, -0.2) is 20.0 Å². The van der Waals surface area contributed by atoms with Crippen LogP contribution in [0.3, 0.4) is 0 Å². The van der Waals surface area contributed by atoms with Gasteiger partial charge in [0.05, 0.1) is 24.1 Å². The molecular weight excluding hydrogens is 286 g/mol. The van der Waals surface area contributed by atoms with Gasteiger partial charge in [-0.3, -0.25) is 9.89 Å². The molecule has 6 nitrogen and oxygen atoms in total. The fraction of sp³-hybridized carbons (Fsp3) is 0.300. The van der Waals surface area contributed by atoms with E-state index in [4.69, 9.17) is 0 Å². The molecule has 1 atom stereocenters. The second kappa shape index (κ2) is 4.70. The smallest absolute Gasteiger partial charge is 0.282 e. The molecule has 0 aromatic carbocycles. The summed E-state index contributed by atoms with van der Waals surface area (Å²) < 4.78 is 1.75. The molecule has 0 fully saturated rings. The van der Waals surface area contributed by atoms with Crippen LogP contribution >= 0.6 is 15.9 Å². The Morgan fingerprint density at radius 2 is 2.29 bits per heavy atom. The molecule has 90 valence electrons. The molecule has 0 bridgehead atoms. The maximum Gasteiger partial charge on any atom is 0.282 e. The number of aryl methyl sites for hydroxylation is 1. The molecule has 0 saturated heterocycles. The number of rotatable bonds is 3. The third-order valence-electron chi connectivity index (χ3n) is 2.47. The number of nitrogens with zero attached hydrogens (tertiary/aromatic N) is 3. The number of hydrogen-bond donors (Lipinski definition) is 2. The Balaban J connectivity index is 2.25. The SMILES string of the molecule is CC(Nc1cnn(C)c(=O)c1Br)c1cn[nH]c1. The summed E-state index contributed by atoms with van der Waals surface area (Å²) in [4.78, 5) is 11.7. The van der Waals surface area contributed by atoms with Gasteiger partial charge in [0.15, 0.2) is 0 Å². The minimum absolute atomic E-state index is 0.0407. The van der Waals surface area contributed by atoms with E-state index >= 15 is 0 Å². The summed E-state index contributed by atoms with van der Waals surface area (Å²) in [5.74, 6) is 0. The van der Waals surface area contributed by atoms with Crippen LogP contribution in [0.1, 0.15) is 18.5 Å². The molecule has 0 aliphatic heterocycles. The molecule has 2 rings (SSSR count). The van der Waals surface area contributed by atoms with E-state index in [0.29, 0.717) is 10.2 Å². The first kappa shape index (κ1) is 11.8. The molecular formula is C10H12BrN5O. The predicted octanol–water partition coefficient (Wildman–Crippen LogP) is 1.44. The molecule has 2 aromatic rings. The first-order valence-corrected chi connectivity index (χ1v) is 5.86. The van der Waals surface area contributed by atoms with Gasteiger partial charge >= 0.3 is 0 Å². The Labute approximate surface area is 106 Å². The number of aromatic nitrogens is 4. The standard InChI is InChI=1S/C10H12BrN5O/c1-6(7-3-12-13-4-7)15-8-5-14-16(2)10(17)9(8)11/h3-6,15H,1-2H3,(H,12,13). The predicted molar refractivity (Wildman–Crippen MR) is 67.8 cm³/mol. The molecule has 0 amide bonds. The highest BCUT2D eigenvalue weighted by atomic mass is 79.9. The molecule has 1 unspecified atom stereocenters. The Kier molecular flexibility index (Phi) is 3.28. The van der Waals surface area contributed by atoms with Gasteiger partial charge in [-0.2, -0.15) is 10.2 Å². The molecule has 0 saturated carbocycles. The highest BCUT2D eigenvalue weighted by molar-refractivity contribution is 9.10. The van der Waals surface area contributed by atoms with Gasteiger partial charge in [-0.25, -0.2) is 4.68 Å². The summed E-state index contributed by atoms with van der Waals surface area (Å²) in [6.45, 7) is 1.98. The van der Waals surface area contributed by atoms with Crippen molar-refractivity contribution in [3.63, 3.8) is 0 Å². The van der Waals surface area contributed by atoms with Crippen LogP contribution < -0.4 is 10.9 Å². The maximum absolute atomic E-state index is 11.7. The van der Waals surface area contributed by atoms with Crippen molar-refractivity contribution in [1.82, 2.24) is 20.0 Å². The van der Waals surface area contributed by atoms with Gasteiger partial charge in [0.2, 0.25) is 0 Å². The van der Waals surface area contributed by atoms with E-state index in [1.165, 1.54) is 4.68 Å². The molecule has 0 aliphatic rings. The van der Waals surface area contributed by atoms with E-state index in [2.05, 4.69) is 36.5 Å². The zero-order valence-corrected chi connectivity index (χ0v) is 11.0. The largest absolute Gasteiger partial charge is 0.376 e. The van der Waals surface area contributed by atoms with E-state index in [9.17, 15) is 4.79 Å². The van der Waals surface area contributed by atoms with Crippen LogP contribution in [0.2, 0.25) is 0 Å². The fourth-order valence-electron chi connectivity index (χ4n) is 1.43. The van der Waals surface area contributed by atoms with Crippen LogP contribution in [0.4, 0.5) is 5.69 Å². The lowest BCUT2D eigenvalue weighted by atomic mass is 10.2. The molecule has 0 aliphatic carbocycles. The van der Waals surface area contributed by atoms with E-state index in [1.807, 2.05) is 6.92 Å². The van der Waals surface area contributed by atoms with Gasteiger partial charge in [-0.1, -0.05) is 0 Å². The summed E-state index contributed by atoms with van der Waals surface area (Å²) in [6, 6.07) is 0.0407. The minimum Gasteiger partial charge on any atom is -0.376 e. The summed E-state index contributed by atoms with van der Waals surface area (Å²) >= 11 is 3.26. The molecule has 0 radical (unpaired) electrons. The zero-order chi connectivity index (χ0) is 12.4. The normalized spacial score (nSPS) is 12.4. The molecule has 0 spiro atoms. The molecule has 2 N–H and O–H groups in total. The zero-order valence-electron chi connectivity index (χ0n) is 9.44. The average molecular weight is 298 g/mol. The van der Waals surface area contributed by atoms with Gasteiger partial charge in [0.25, 0.3) is 5.56 Å². The minimum atomic E-state index is -0.172. The van der Waals surface area contributed by atoms with E-state index in [0.717, 1.165) is 5.56 Å². The quantitative estimate of drug-likeness (QED) is 0.899. The van der Waals surface area contributed by atoms with Gasteiger partial charge in [-0.05, 0) is 22.9 Å². The van der Waals surface area contributed by atoms with E-state index < -0.39 is 0 Å². The lowest BCUT2D eigenvalue weighted by Crippen LogP contribution is -2.21. The number of H-pyrrole nitrogens is 1. The number of halogens is 1. The van der Waals surface area contributed by atoms with Crippen molar-refractivity contribution >= 4 is 21.6 Å². The molecule has 7 heteroatoms. The Morgan fingerprint density at radius 3 is 2.94 bits per heavy atom. The number of hydrogen-bond acceptors (Lipinski definition) is 4. The molecule has 2 aromatic heterocycles. The van der Waals surface area contributed by atoms with Crippen molar-refractivity contribution in [2.45, 2.75) is 13.0 Å². The van der Waals surface area contributed by atoms with Crippen LogP contribution in [0.5, 0.6) is 0 Å². The van der Waals surface area contributed by atoms with Gasteiger partial charge in [-0.15, -0.1) is 0 Å². The summed E-state index contributed by atoms with van der Waals surface area (Å²) in [5, 5.41) is 13.8. The lowest BCUT2D eigenvalue weighted by Gasteiger charge is -2.14. The Morgan fingerprint density at radius 1 is 1.53 bits per heavy atom. The summed E-state index contributed by atoms with van der Waals surface area (Å²) in [7, 11) is 1.61. The maximum atomic E-state index is 11.7. The third kappa shape index (κ3) is 2.38. The van der Waals surface area contributed by atoms with Crippen molar-refractivity contribution in [2.75, 3.05) is 5.32 Å². The van der Waals surface area contributed by atoms with E-state index in [1.54, 1.807) is 25.6 Å². The van der Waals surface area contributed by atoms with Crippen molar-refractivity contribution in [3.8, 4) is 0 Å².